The zero-order valence-corrected chi connectivity index (χ0v) is 15.8. The van der Waals surface area contributed by atoms with Crippen molar-refractivity contribution in [2.24, 2.45) is 10.1 Å². The van der Waals surface area contributed by atoms with Crippen LogP contribution < -0.4 is 15.7 Å². The summed E-state index contributed by atoms with van der Waals surface area (Å²) in [6, 6.07) is 0.215. The number of nitrogens with zero attached hydrogens (tertiary/aromatic N) is 2. The summed E-state index contributed by atoms with van der Waals surface area (Å²) in [7, 11) is 1.29. The Labute approximate surface area is 161 Å². The molecule has 0 aliphatic carbocycles. The molecule has 0 bridgehead atoms. The number of methoxy groups -OCH3 is 1. The molecule has 1 aliphatic heterocycles. The molecule has 12 heteroatoms. The number of aliphatic imine (C=N–C) groups is 1. The van der Waals surface area contributed by atoms with E-state index in [2.05, 4.69) is 15.5 Å². The monoisotopic (exact) mass is 421 g/mol. The molecule has 0 fully saturated rings. The average Bonchev–Trinajstić information content (AvgIpc) is 3.13. The first-order valence-electron chi connectivity index (χ1n) is 8.08. The molecular formula is C16H18F3N3O5S. The number of carbonyl (C=O) groups is 1. The number of carbonyl (C=O) groups excluding carboxylic acids is 1. The number of halogens is 3. The summed E-state index contributed by atoms with van der Waals surface area (Å²) in [6.07, 6.45) is -6.17. The number of oxime groups is 1. The standard InChI is InChI=1S/C16H18F3N3O5S/c1-8(22-25)15-21-11(7-28-15)14(24)20-10(3-4-16(17,18)19)12-5-9(26-2)6-13(23)27-12/h5-6,10-11,25H,3-4,7H2,1-2H3,(H,20,24)/b22-8+. The molecule has 1 aromatic rings. The lowest BCUT2D eigenvalue weighted by Crippen LogP contribution is -2.37. The number of hydrogen-bond acceptors (Lipinski definition) is 8. The van der Waals surface area contributed by atoms with Crippen LogP contribution in [0.15, 0.2) is 31.5 Å². The number of hydrogen-bond donors (Lipinski definition) is 2. The van der Waals surface area contributed by atoms with Gasteiger partial charge in [-0.25, -0.2) is 4.79 Å². The van der Waals surface area contributed by atoms with E-state index in [0.717, 1.165) is 6.07 Å². The Morgan fingerprint density at radius 1 is 1.54 bits per heavy atom. The van der Waals surface area contributed by atoms with Crippen molar-refractivity contribution in [2.75, 3.05) is 12.9 Å². The number of ether oxygens (including phenoxy) is 1. The summed E-state index contributed by atoms with van der Waals surface area (Å²) in [5.41, 5.74) is -0.583. The predicted molar refractivity (Wildman–Crippen MR) is 96.3 cm³/mol. The van der Waals surface area contributed by atoms with Crippen LogP contribution in [0.3, 0.4) is 0 Å². The average molecular weight is 421 g/mol. The van der Waals surface area contributed by atoms with E-state index in [1.54, 1.807) is 0 Å². The van der Waals surface area contributed by atoms with Crippen LogP contribution in [0, 0.1) is 0 Å². The number of nitrogens with one attached hydrogen (secondary N) is 1. The zero-order valence-electron chi connectivity index (χ0n) is 14.9. The molecule has 8 nitrogen and oxygen atoms in total. The van der Waals surface area contributed by atoms with Crippen LogP contribution in [0.2, 0.25) is 0 Å². The van der Waals surface area contributed by atoms with Crippen molar-refractivity contribution in [3.05, 3.63) is 28.3 Å². The lowest BCUT2D eigenvalue weighted by Gasteiger charge is -2.20. The number of thioether (sulfide) groups is 1. The molecule has 0 saturated heterocycles. The van der Waals surface area contributed by atoms with E-state index in [9.17, 15) is 22.8 Å². The van der Waals surface area contributed by atoms with Gasteiger partial charge >= 0.3 is 11.8 Å². The number of rotatable bonds is 7. The Balaban J connectivity index is 2.23. The Morgan fingerprint density at radius 2 is 2.25 bits per heavy atom. The van der Waals surface area contributed by atoms with E-state index in [1.807, 2.05) is 0 Å². The van der Waals surface area contributed by atoms with Gasteiger partial charge in [-0.15, -0.1) is 11.8 Å². The zero-order chi connectivity index (χ0) is 20.9. The fourth-order valence-electron chi connectivity index (χ4n) is 2.37. The molecule has 0 radical (unpaired) electrons. The largest absolute Gasteiger partial charge is 0.496 e. The van der Waals surface area contributed by atoms with E-state index < -0.39 is 42.6 Å². The van der Waals surface area contributed by atoms with Gasteiger partial charge in [0.25, 0.3) is 0 Å². The van der Waals surface area contributed by atoms with Gasteiger partial charge in [-0.1, -0.05) is 5.16 Å². The quantitative estimate of drug-likeness (QED) is 0.397. The van der Waals surface area contributed by atoms with Crippen molar-refractivity contribution in [1.82, 2.24) is 5.32 Å². The highest BCUT2D eigenvalue weighted by atomic mass is 32.2. The SMILES string of the molecule is COc1cc(C(CCC(F)(F)F)NC(=O)C2CSC(/C(C)=N/O)=N2)oc(=O)c1. The van der Waals surface area contributed by atoms with E-state index >= 15 is 0 Å². The highest BCUT2D eigenvalue weighted by Crippen LogP contribution is 2.29. The first-order valence-corrected chi connectivity index (χ1v) is 9.07. The van der Waals surface area contributed by atoms with Crippen molar-refractivity contribution in [3.8, 4) is 5.75 Å². The summed E-state index contributed by atoms with van der Waals surface area (Å²) < 4.78 is 48.0. The minimum atomic E-state index is -4.45. The van der Waals surface area contributed by atoms with Gasteiger partial charge in [-0.05, 0) is 13.3 Å². The minimum Gasteiger partial charge on any atom is -0.496 e. The van der Waals surface area contributed by atoms with Crippen LogP contribution in [-0.2, 0) is 4.79 Å². The van der Waals surface area contributed by atoms with Crippen LogP contribution in [0.5, 0.6) is 5.75 Å². The normalized spacial score (nSPS) is 18.5. The van der Waals surface area contributed by atoms with E-state index in [4.69, 9.17) is 14.4 Å². The molecule has 2 unspecified atom stereocenters. The van der Waals surface area contributed by atoms with Gasteiger partial charge in [0.15, 0.2) is 0 Å². The lowest BCUT2D eigenvalue weighted by atomic mass is 10.1. The van der Waals surface area contributed by atoms with Crippen LogP contribution in [0.1, 0.15) is 31.6 Å². The van der Waals surface area contributed by atoms with Crippen LogP contribution in [-0.4, -0.2) is 47.0 Å². The summed E-state index contributed by atoms with van der Waals surface area (Å²) in [6.45, 7) is 1.50. The highest BCUT2D eigenvalue weighted by molar-refractivity contribution is 8.16. The van der Waals surface area contributed by atoms with Crippen molar-refractivity contribution in [3.63, 3.8) is 0 Å². The molecule has 2 rings (SSSR count). The third-order valence-electron chi connectivity index (χ3n) is 3.79. The van der Waals surface area contributed by atoms with Crippen LogP contribution in [0.25, 0.3) is 0 Å². The van der Waals surface area contributed by atoms with E-state index in [1.165, 1.54) is 31.9 Å². The first kappa shape index (κ1) is 21.8. The fraction of sp³-hybridized carbons (Fsp3) is 0.500. The lowest BCUT2D eigenvalue weighted by molar-refractivity contribution is -0.138. The topological polar surface area (TPSA) is 113 Å². The minimum absolute atomic E-state index is 0.101. The summed E-state index contributed by atoms with van der Waals surface area (Å²) in [4.78, 5) is 28.2. The van der Waals surface area contributed by atoms with Gasteiger partial charge in [0.2, 0.25) is 5.91 Å². The summed E-state index contributed by atoms with van der Waals surface area (Å²) >= 11 is 1.19. The number of alkyl halides is 3. The van der Waals surface area contributed by atoms with Crippen molar-refractivity contribution in [2.45, 2.75) is 38.0 Å². The maximum Gasteiger partial charge on any atom is 0.389 e. The molecule has 2 atom stereocenters. The van der Waals surface area contributed by atoms with Crippen molar-refractivity contribution in [1.29, 1.82) is 0 Å². The summed E-state index contributed by atoms with van der Waals surface area (Å²) in [5.74, 6) is -0.443. The van der Waals surface area contributed by atoms with Gasteiger partial charge in [-0.2, -0.15) is 13.2 Å². The van der Waals surface area contributed by atoms with Gasteiger partial charge < -0.3 is 19.7 Å². The molecule has 1 aliphatic rings. The van der Waals surface area contributed by atoms with Gasteiger partial charge in [0.1, 0.15) is 28.3 Å². The maximum atomic E-state index is 12.7. The van der Waals surface area contributed by atoms with Crippen LogP contribution >= 0.6 is 11.8 Å². The van der Waals surface area contributed by atoms with Gasteiger partial charge in [-0.3, -0.25) is 9.79 Å². The molecular weight excluding hydrogens is 403 g/mol. The van der Waals surface area contributed by atoms with Crippen molar-refractivity contribution < 1.29 is 32.3 Å². The van der Waals surface area contributed by atoms with Crippen LogP contribution in [0.4, 0.5) is 13.2 Å². The molecule has 0 saturated carbocycles. The van der Waals surface area contributed by atoms with Gasteiger partial charge in [0.05, 0.1) is 19.2 Å². The molecule has 2 heterocycles. The molecule has 154 valence electrons. The Hall–Kier alpha value is -2.50. The first-order chi connectivity index (χ1) is 13.1. The third-order valence-corrected chi connectivity index (χ3v) is 4.95. The third kappa shape index (κ3) is 6.01. The molecule has 0 aromatic carbocycles. The van der Waals surface area contributed by atoms with Crippen molar-refractivity contribution >= 4 is 28.4 Å². The Morgan fingerprint density at radius 3 is 2.86 bits per heavy atom. The predicted octanol–water partition coefficient (Wildman–Crippen LogP) is 2.51. The molecule has 1 amide bonds. The Bertz CT molecular complexity index is 838. The molecule has 28 heavy (non-hydrogen) atoms. The maximum absolute atomic E-state index is 12.7. The molecule has 1 aromatic heterocycles. The second-order valence-corrected chi connectivity index (χ2v) is 6.89. The fourth-order valence-corrected chi connectivity index (χ4v) is 3.37. The molecule has 0 spiro atoms. The highest BCUT2D eigenvalue weighted by Gasteiger charge is 2.33. The second kappa shape index (κ2) is 9.13. The Kier molecular flexibility index (Phi) is 7.11. The summed E-state index contributed by atoms with van der Waals surface area (Å²) in [5, 5.41) is 14.6. The second-order valence-electron chi connectivity index (χ2n) is 5.88. The number of amides is 1. The van der Waals surface area contributed by atoms with E-state index in [0.29, 0.717) is 5.04 Å². The van der Waals surface area contributed by atoms with Gasteiger partial charge in [0, 0.05) is 18.2 Å². The van der Waals surface area contributed by atoms with E-state index in [-0.39, 0.29) is 23.0 Å². The molecule has 2 N–H and O–H groups in total. The smallest absolute Gasteiger partial charge is 0.389 e.